The molecule has 8 fully saturated rings. The minimum atomic E-state index is -1.86. The monoisotopic (exact) mass is 1040 g/mol. The van der Waals surface area contributed by atoms with Gasteiger partial charge >= 0.3 is 5.97 Å². The number of ether oxygens (including phenoxy) is 8. The number of rotatable bonds is 11. The SMILES string of the molecule is C[C@@H]1O[C@@H](O[C@H]2[C@H](O[C@H]3CC[C@@]4(C)[C@@H](CC[C@]5(C)[C@@H]4CC=C4[C@@H]6CC(C)(C)CC[C@]6(C(=O)O)CC[C@]45C)[C@]3(C)CO)OC[C@H](O[C@@H]3O[C@H](CO)[C@@H](O)[C@H](O)[C@H]3O)[C@@H]2O)[C@H](O)[C@H](O[C@@H]2OC[C@@H](O)[C@H](O)[C@H]2O)[C@H]1O. The summed E-state index contributed by atoms with van der Waals surface area (Å²) in [4.78, 5) is 13.2. The first kappa shape index (κ1) is 56.2. The Kier molecular flexibility index (Phi) is 15.6. The molecule has 73 heavy (non-hydrogen) atoms. The van der Waals surface area contributed by atoms with Crippen molar-refractivity contribution in [1.29, 1.82) is 0 Å². The first-order valence-electron chi connectivity index (χ1n) is 26.7. The Labute approximate surface area is 426 Å². The molecule has 0 bridgehead atoms. The molecule has 4 heterocycles. The molecule has 4 saturated carbocycles. The van der Waals surface area contributed by atoms with E-state index in [0.29, 0.717) is 25.7 Å². The summed E-state index contributed by atoms with van der Waals surface area (Å²) in [6.07, 6.45) is -19.7. The molecule has 5 aliphatic carbocycles. The third-order valence-electron chi connectivity index (χ3n) is 20.8. The molecule has 21 nitrogen and oxygen atoms in total. The second-order valence-electron chi connectivity index (χ2n) is 25.2. The van der Waals surface area contributed by atoms with Crippen LogP contribution in [0.25, 0.3) is 0 Å². The summed E-state index contributed by atoms with van der Waals surface area (Å²) in [5, 5.41) is 130. The summed E-state index contributed by atoms with van der Waals surface area (Å²) in [5.74, 6) is -0.589. The van der Waals surface area contributed by atoms with E-state index in [2.05, 4.69) is 40.7 Å². The maximum Gasteiger partial charge on any atom is 0.310 e. The fourth-order valence-electron chi connectivity index (χ4n) is 16.0. The fraction of sp³-hybridized carbons (Fsp3) is 0.942. The quantitative estimate of drug-likeness (QED) is 0.0942. The van der Waals surface area contributed by atoms with Crippen molar-refractivity contribution in [3.05, 3.63) is 11.6 Å². The van der Waals surface area contributed by atoms with Crippen molar-refractivity contribution in [2.75, 3.05) is 26.4 Å². The van der Waals surface area contributed by atoms with Gasteiger partial charge in [0.2, 0.25) is 0 Å². The maximum atomic E-state index is 13.2. The normalized spacial score (nSPS) is 55.0. The van der Waals surface area contributed by atoms with Crippen molar-refractivity contribution >= 4 is 5.97 Å². The number of aliphatic hydroxyl groups is 11. The maximum absolute atomic E-state index is 13.2. The molecule has 0 aromatic heterocycles. The van der Waals surface area contributed by atoms with Gasteiger partial charge in [0.1, 0.15) is 79.4 Å². The van der Waals surface area contributed by atoms with Gasteiger partial charge in [-0.25, -0.2) is 0 Å². The van der Waals surface area contributed by atoms with Gasteiger partial charge < -0.3 is 99.2 Å². The number of carboxylic acid groups (broad SMARTS) is 1. The number of carbonyl (C=O) groups is 1. The van der Waals surface area contributed by atoms with Crippen molar-refractivity contribution in [3.8, 4) is 0 Å². The van der Waals surface area contributed by atoms with Crippen molar-refractivity contribution in [3.63, 3.8) is 0 Å². The van der Waals surface area contributed by atoms with E-state index < -0.39 is 153 Å². The molecular weight excluding hydrogens is 961 g/mol. The van der Waals surface area contributed by atoms with Crippen molar-refractivity contribution in [2.45, 2.75) is 229 Å². The van der Waals surface area contributed by atoms with Gasteiger partial charge in [-0.1, -0.05) is 53.2 Å². The van der Waals surface area contributed by atoms with Crippen LogP contribution >= 0.6 is 0 Å². The number of aliphatic hydroxyl groups excluding tert-OH is 11. The number of hydrogen-bond donors (Lipinski definition) is 12. The van der Waals surface area contributed by atoms with Gasteiger partial charge in [0.05, 0.1) is 44.1 Å². The van der Waals surface area contributed by atoms with Gasteiger partial charge in [0, 0.05) is 5.41 Å². The topological polar surface area (TPSA) is 334 Å². The molecule has 0 radical (unpaired) electrons. The minimum Gasteiger partial charge on any atom is -0.481 e. The van der Waals surface area contributed by atoms with Gasteiger partial charge in [-0.05, 0) is 111 Å². The average molecular weight is 1050 g/mol. The molecule has 27 atom stereocenters. The Morgan fingerprint density at radius 3 is 1.99 bits per heavy atom. The van der Waals surface area contributed by atoms with Gasteiger partial charge in [0.25, 0.3) is 0 Å². The van der Waals surface area contributed by atoms with Crippen LogP contribution in [0.15, 0.2) is 11.6 Å². The van der Waals surface area contributed by atoms with Crippen LogP contribution in [0.3, 0.4) is 0 Å². The number of aliphatic carboxylic acids is 1. The number of allylic oxidation sites excluding steroid dienone is 2. The average Bonchev–Trinajstić information content (AvgIpc) is 3.34. The van der Waals surface area contributed by atoms with E-state index in [1.54, 1.807) is 0 Å². The highest BCUT2D eigenvalue weighted by Gasteiger charge is 2.70. The molecular formula is C52H84O21. The van der Waals surface area contributed by atoms with E-state index in [1.807, 2.05) is 6.92 Å². The Hall–Kier alpha value is -1.55. The van der Waals surface area contributed by atoms with Crippen LogP contribution in [0.4, 0.5) is 0 Å². The lowest BCUT2D eigenvalue weighted by Crippen LogP contribution is -2.67. The summed E-state index contributed by atoms with van der Waals surface area (Å²) in [5.41, 5.74) is -0.985. The zero-order chi connectivity index (χ0) is 53.1. The number of fused-ring (bicyclic) bond motifs is 7. The smallest absolute Gasteiger partial charge is 0.310 e. The highest BCUT2D eigenvalue weighted by Crippen LogP contribution is 2.76. The first-order valence-corrected chi connectivity index (χ1v) is 26.7. The van der Waals surface area contributed by atoms with E-state index in [9.17, 15) is 66.1 Å². The third kappa shape index (κ3) is 9.10. The number of hydrogen-bond acceptors (Lipinski definition) is 20. The zero-order valence-electron chi connectivity index (χ0n) is 43.2. The van der Waals surface area contributed by atoms with Crippen LogP contribution in [0.1, 0.15) is 113 Å². The van der Waals surface area contributed by atoms with E-state index in [0.717, 1.165) is 38.5 Å². The Balaban J connectivity index is 0.982. The lowest BCUT2D eigenvalue weighted by Gasteiger charge is -2.71. The molecule has 4 aliphatic heterocycles. The van der Waals surface area contributed by atoms with Gasteiger partial charge in [-0.3, -0.25) is 4.79 Å². The molecule has 12 N–H and O–H groups in total. The van der Waals surface area contributed by atoms with E-state index in [4.69, 9.17) is 37.9 Å². The van der Waals surface area contributed by atoms with Crippen LogP contribution in [0, 0.1) is 50.2 Å². The molecule has 0 unspecified atom stereocenters. The Bertz CT molecular complexity index is 2010. The summed E-state index contributed by atoms with van der Waals surface area (Å²) < 4.78 is 48.5. The number of carboxylic acids is 1. The Morgan fingerprint density at radius 1 is 0.644 bits per heavy atom. The second kappa shape index (κ2) is 20.3. The van der Waals surface area contributed by atoms with Crippen LogP contribution in [-0.4, -0.2) is 210 Å². The third-order valence-corrected chi connectivity index (χ3v) is 20.8. The predicted molar refractivity (Wildman–Crippen MR) is 251 cm³/mol. The summed E-state index contributed by atoms with van der Waals surface area (Å²) in [6, 6.07) is 0. The first-order chi connectivity index (χ1) is 34.2. The molecule has 9 aliphatic rings. The van der Waals surface area contributed by atoms with E-state index in [-0.39, 0.29) is 46.0 Å². The zero-order valence-corrected chi connectivity index (χ0v) is 43.2. The molecule has 9 rings (SSSR count). The molecule has 21 heteroatoms. The van der Waals surface area contributed by atoms with Crippen molar-refractivity contribution < 1.29 is 104 Å². The highest BCUT2D eigenvalue weighted by atomic mass is 16.8. The molecule has 0 aromatic rings. The molecule has 4 saturated heterocycles. The van der Waals surface area contributed by atoms with Crippen molar-refractivity contribution in [1.82, 2.24) is 0 Å². The lowest BCUT2D eigenvalue weighted by molar-refractivity contribution is -0.389. The molecule has 0 amide bonds. The van der Waals surface area contributed by atoms with Gasteiger partial charge in [0.15, 0.2) is 25.2 Å². The van der Waals surface area contributed by atoms with Gasteiger partial charge in [-0.2, -0.15) is 0 Å². The Morgan fingerprint density at radius 2 is 1.30 bits per heavy atom. The summed E-state index contributed by atoms with van der Waals surface area (Å²) >= 11 is 0. The van der Waals surface area contributed by atoms with Crippen LogP contribution in [-0.2, 0) is 42.7 Å². The van der Waals surface area contributed by atoms with E-state index in [1.165, 1.54) is 12.5 Å². The summed E-state index contributed by atoms with van der Waals surface area (Å²) in [7, 11) is 0. The van der Waals surface area contributed by atoms with Crippen LogP contribution in [0.2, 0.25) is 0 Å². The van der Waals surface area contributed by atoms with Crippen LogP contribution in [0.5, 0.6) is 0 Å². The molecule has 418 valence electrons. The lowest BCUT2D eigenvalue weighted by atomic mass is 9.33. The fourth-order valence-corrected chi connectivity index (χ4v) is 16.0. The standard InChI is InChI=1S/C52H84O21/c1-23-32(56)40(72-42-37(61)33(57)26(55)20-66-42)39(63)44(68-23)73-41-35(59)28(70-43-38(62)36(60)34(58)27(19-53)69-43)21-67-45(41)71-31-11-12-48(4)29(49(31,5)22-54)10-13-51(7)30(48)9-8-24-25-18-47(2,3)14-16-52(25,46(64)65)17-15-50(24,51)6/h8,23,25-45,53-63H,9-22H2,1-7H3,(H,64,65)/t23-,25-,26+,27+,28-,29+,30+,31-,32-,33-,34+,35-,36-,37+,38+,39+,40+,41+,42-,43-,44-,45-,48-,49-,50+,51+,52-/m0/s1. The predicted octanol–water partition coefficient (Wildman–Crippen LogP) is -0.191. The molecule has 0 spiro atoms. The van der Waals surface area contributed by atoms with Crippen molar-refractivity contribution in [2.24, 2.45) is 50.2 Å². The van der Waals surface area contributed by atoms with Crippen LogP contribution < -0.4 is 0 Å². The highest BCUT2D eigenvalue weighted by molar-refractivity contribution is 5.76. The molecule has 0 aromatic carbocycles. The van der Waals surface area contributed by atoms with Gasteiger partial charge in [-0.15, -0.1) is 0 Å². The largest absolute Gasteiger partial charge is 0.481 e. The minimum absolute atomic E-state index is 0.0263. The summed E-state index contributed by atoms with van der Waals surface area (Å²) in [6.45, 7) is 13.3. The second-order valence-corrected chi connectivity index (χ2v) is 25.2. The van der Waals surface area contributed by atoms with E-state index >= 15 is 0 Å².